The monoisotopic (exact) mass is 410 g/mol. The lowest BCUT2D eigenvalue weighted by Gasteiger charge is -2.11. The van der Waals surface area contributed by atoms with E-state index in [4.69, 9.17) is 21.1 Å². The predicted molar refractivity (Wildman–Crippen MR) is 112 cm³/mol. The average Bonchev–Trinajstić information content (AvgIpc) is 2.75. The van der Waals surface area contributed by atoms with Gasteiger partial charge in [0.05, 0.1) is 18.9 Å². The van der Waals surface area contributed by atoms with Crippen molar-refractivity contribution in [3.63, 3.8) is 0 Å². The highest BCUT2D eigenvalue weighted by Gasteiger charge is 2.11. The molecule has 0 bridgehead atoms. The minimum Gasteiger partial charge on any atom is -0.507 e. The number of aromatic hydroxyl groups is 1. The maximum Gasteiger partial charge on any atom is 0.275 e. The van der Waals surface area contributed by atoms with E-state index in [1.54, 1.807) is 25.3 Å². The van der Waals surface area contributed by atoms with Gasteiger partial charge in [-0.05, 0) is 47.5 Å². The van der Waals surface area contributed by atoms with E-state index in [-0.39, 0.29) is 11.3 Å². The lowest BCUT2D eigenvalue weighted by Crippen LogP contribution is -2.17. The molecule has 0 radical (unpaired) electrons. The van der Waals surface area contributed by atoms with Gasteiger partial charge in [0.1, 0.15) is 12.4 Å². The van der Waals surface area contributed by atoms with Crippen LogP contribution in [-0.2, 0) is 6.61 Å². The van der Waals surface area contributed by atoms with Crippen molar-refractivity contribution >= 4 is 23.7 Å². The zero-order chi connectivity index (χ0) is 20.6. The Hall–Kier alpha value is -3.51. The number of hydrogen-bond donors (Lipinski definition) is 2. The summed E-state index contributed by atoms with van der Waals surface area (Å²) in [7, 11) is 1.55. The van der Waals surface area contributed by atoms with Gasteiger partial charge in [-0.25, -0.2) is 5.43 Å². The minimum absolute atomic E-state index is 0.0388. The van der Waals surface area contributed by atoms with E-state index in [1.807, 2.05) is 30.3 Å². The molecule has 0 atom stereocenters. The van der Waals surface area contributed by atoms with Crippen LogP contribution in [0.4, 0.5) is 0 Å². The molecule has 0 aliphatic rings. The van der Waals surface area contributed by atoms with Gasteiger partial charge < -0.3 is 14.6 Å². The highest BCUT2D eigenvalue weighted by Crippen LogP contribution is 2.28. The number of hydrazone groups is 1. The molecule has 0 aromatic heterocycles. The molecule has 3 aromatic rings. The first-order valence-electron chi connectivity index (χ1n) is 8.73. The quantitative estimate of drug-likeness (QED) is 0.447. The number of phenolic OH excluding ortho intramolecular Hbond substituents is 1. The van der Waals surface area contributed by atoms with E-state index in [0.717, 1.165) is 5.56 Å². The number of carbonyl (C=O) groups excluding carboxylic acids is 1. The van der Waals surface area contributed by atoms with Gasteiger partial charge in [-0.3, -0.25) is 4.79 Å². The third-order valence-corrected chi connectivity index (χ3v) is 4.24. The second-order valence-corrected chi connectivity index (χ2v) is 6.48. The van der Waals surface area contributed by atoms with Gasteiger partial charge >= 0.3 is 0 Å². The molecule has 148 valence electrons. The van der Waals surface area contributed by atoms with Crippen LogP contribution < -0.4 is 14.9 Å². The van der Waals surface area contributed by atoms with Crippen LogP contribution in [0.15, 0.2) is 71.8 Å². The van der Waals surface area contributed by atoms with Gasteiger partial charge in [0, 0.05) is 5.02 Å². The number of halogens is 1. The Morgan fingerprint density at radius 3 is 2.66 bits per heavy atom. The van der Waals surface area contributed by atoms with E-state index in [2.05, 4.69) is 10.5 Å². The van der Waals surface area contributed by atoms with Crippen molar-refractivity contribution < 1.29 is 19.4 Å². The summed E-state index contributed by atoms with van der Waals surface area (Å²) in [5, 5.41) is 14.0. The Kier molecular flexibility index (Phi) is 6.71. The van der Waals surface area contributed by atoms with E-state index in [9.17, 15) is 9.90 Å². The van der Waals surface area contributed by atoms with Crippen LogP contribution in [0.25, 0.3) is 0 Å². The Balaban J connectivity index is 1.65. The molecule has 0 aliphatic heterocycles. The van der Waals surface area contributed by atoms with Gasteiger partial charge in [0.2, 0.25) is 0 Å². The van der Waals surface area contributed by atoms with E-state index in [1.165, 1.54) is 24.4 Å². The highest BCUT2D eigenvalue weighted by molar-refractivity contribution is 6.31. The zero-order valence-corrected chi connectivity index (χ0v) is 16.4. The number of rotatable bonds is 7. The number of nitrogens with zero attached hydrogens (tertiary/aromatic N) is 1. The molecule has 1 amide bonds. The van der Waals surface area contributed by atoms with Crippen LogP contribution in [0.1, 0.15) is 21.5 Å². The van der Waals surface area contributed by atoms with Crippen molar-refractivity contribution in [2.75, 3.05) is 7.11 Å². The lowest BCUT2D eigenvalue weighted by molar-refractivity contribution is 0.0952. The summed E-state index contributed by atoms with van der Waals surface area (Å²) < 4.78 is 11.2. The van der Waals surface area contributed by atoms with E-state index in [0.29, 0.717) is 28.7 Å². The van der Waals surface area contributed by atoms with Gasteiger partial charge in [-0.1, -0.05) is 41.9 Å². The first-order valence-corrected chi connectivity index (χ1v) is 9.11. The highest BCUT2D eigenvalue weighted by atomic mass is 35.5. The van der Waals surface area contributed by atoms with Crippen LogP contribution in [0.3, 0.4) is 0 Å². The molecule has 0 unspecified atom stereocenters. The second kappa shape index (κ2) is 9.61. The first kappa shape index (κ1) is 20.2. The lowest BCUT2D eigenvalue weighted by atomic mass is 10.2. The minimum atomic E-state index is -0.573. The number of amides is 1. The molecule has 0 spiro atoms. The number of hydrogen-bond acceptors (Lipinski definition) is 5. The van der Waals surface area contributed by atoms with Gasteiger partial charge in [0.15, 0.2) is 11.5 Å². The SMILES string of the molecule is COc1cc(C=NNC(=O)c2cc(Cl)ccc2O)ccc1OCc1ccccc1. The molecular weight excluding hydrogens is 392 g/mol. The Labute approximate surface area is 173 Å². The molecule has 0 saturated carbocycles. The molecule has 29 heavy (non-hydrogen) atoms. The molecule has 0 heterocycles. The van der Waals surface area contributed by atoms with Crippen molar-refractivity contribution in [3.8, 4) is 17.2 Å². The molecule has 0 aliphatic carbocycles. The van der Waals surface area contributed by atoms with Crippen LogP contribution in [0.5, 0.6) is 17.2 Å². The van der Waals surface area contributed by atoms with Crippen LogP contribution in [-0.4, -0.2) is 24.3 Å². The average molecular weight is 411 g/mol. The number of methoxy groups -OCH3 is 1. The summed E-state index contributed by atoms with van der Waals surface area (Å²) in [6.07, 6.45) is 1.46. The van der Waals surface area contributed by atoms with Crippen molar-refractivity contribution in [2.24, 2.45) is 5.10 Å². The Bertz CT molecular complexity index is 1020. The summed E-state index contributed by atoms with van der Waals surface area (Å²) >= 11 is 5.85. The standard InChI is InChI=1S/C22H19ClN2O4/c1-28-21-11-16(7-10-20(21)29-14-15-5-3-2-4-6-15)13-24-25-22(27)18-12-17(23)8-9-19(18)26/h2-13,26H,14H2,1H3,(H,25,27). The Morgan fingerprint density at radius 2 is 1.90 bits per heavy atom. The molecule has 0 fully saturated rings. The summed E-state index contributed by atoms with van der Waals surface area (Å²) in [6.45, 7) is 0.420. The fourth-order valence-electron chi connectivity index (χ4n) is 2.53. The van der Waals surface area contributed by atoms with Gasteiger partial charge in [0.25, 0.3) is 5.91 Å². The summed E-state index contributed by atoms with van der Waals surface area (Å²) in [6, 6.07) is 19.3. The summed E-state index contributed by atoms with van der Waals surface area (Å²) in [4.78, 5) is 12.1. The topological polar surface area (TPSA) is 80.2 Å². The van der Waals surface area contributed by atoms with Crippen LogP contribution in [0.2, 0.25) is 5.02 Å². The maximum absolute atomic E-state index is 12.1. The van der Waals surface area contributed by atoms with Crippen molar-refractivity contribution in [3.05, 3.63) is 88.4 Å². The van der Waals surface area contributed by atoms with Crippen LogP contribution in [0, 0.1) is 0 Å². The summed E-state index contributed by atoms with van der Waals surface area (Å²) in [5.41, 5.74) is 4.14. The number of ether oxygens (including phenoxy) is 2. The number of benzene rings is 3. The third kappa shape index (κ3) is 5.49. The molecule has 2 N–H and O–H groups in total. The third-order valence-electron chi connectivity index (χ3n) is 4.01. The normalized spacial score (nSPS) is 10.7. The smallest absolute Gasteiger partial charge is 0.275 e. The number of nitrogens with one attached hydrogen (secondary N) is 1. The van der Waals surface area contributed by atoms with E-state index < -0.39 is 5.91 Å². The van der Waals surface area contributed by atoms with Gasteiger partial charge in [-0.2, -0.15) is 5.10 Å². The molecular formula is C22H19ClN2O4. The first-order chi connectivity index (χ1) is 14.1. The van der Waals surface area contributed by atoms with Crippen molar-refractivity contribution in [1.82, 2.24) is 5.43 Å². The van der Waals surface area contributed by atoms with Gasteiger partial charge in [-0.15, -0.1) is 0 Å². The fraction of sp³-hybridized carbons (Fsp3) is 0.0909. The summed E-state index contributed by atoms with van der Waals surface area (Å²) in [5.74, 6) is 0.393. The largest absolute Gasteiger partial charge is 0.507 e. The molecule has 7 heteroatoms. The number of phenols is 1. The number of carbonyl (C=O) groups is 1. The van der Waals surface area contributed by atoms with E-state index >= 15 is 0 Å². The Morgan fingerprint density at radius 1 is 1.10 bits per heavy atom. The predicted octanol–water partition coefficient (Wildman–Crippen LogP) is 4.40. The maximum atomic E-state index is 12.1. The molecule has 3 rings (SSSR count). The second-order valence-electron chi connectivity index (χ2n) is 6.05. The molecule has 6 nitrogen and oxygen atoms in total. The van der Waals surface area contributed by atoms with Crippen molar-refractivity contribution in [2.45, 2.75) is 6.61 Å². The molecule has 0 saturated heterocycles. The van der Waals surface area contributed by atoms with Crippen LogP contribution >= 0.6 is 11.6 Å². The molecule has 3 aromatic carbocycles. The fourth-order valence-corrected chi connectivity index (χ4v) is 2.71. The zero-order valence-electron chi connectivity index (χ0n) is 15.6. The van der Waals surface area contributed by atoms with Crippen molar-refractivity contribution in [1.29, 1.82) is 0 Å².